The van der Waals surface area contributed by atoms with Crippen molar-refractivity contribution in [1.29, 1.82) is 0 Å². The second-order valence-electron chi connectivity index (χ2n) is 0.854. The van der Waals surface area contributed by atoms with E-state index in [1.165, 1.54) is 6.42 Å². The molecule has 0 spiro atoms. The minimum absolute atomic E-state index is 0. The third-order valence-corrected chi connectivity index (χ3v) is 0.354. The van der Waals surface area contributed by atoms with E-state index in [4.69, 9.17) is 0 Å². The van der Waals surface area contributed by atoms with Crippen LogP contribution in [0.2, 0.25) is 0 Å². The summed E-state index contributed by atoms with van der Waals surface area (Å²) >= 11 is 0. The van der Waals surface area contributed by atoms with Gasteiger partial charge in [0.2, 0.25) is 0 Å². The van der Waals surface area contributed by atoms with E-state index in [0.29, 0.717) is 0 Å². The van der Waals surface area contributed by atoms with Gasteiger partial charge in [0.25, 0.3) is 0 Å². The molecule has 0 aliphatic rings. The van der Waals surface area contributed by atoms with Gasteiger partial charge in [-0.1, -0.05) is 13.3 Å². The molecule has 0 saturated carbocycles. The standard InChI is InChI=1S/C4H9.CH3.ClH.Zn/c1-3-4-2;;;/h1,3-4H2,2H3;1H3;1H;/q2*-1;;+2. The molecule has 0 bridgehead atoms. The van der Waals surface area contributed by atoms with Gasteiger partial charge in [0, 0.05) is 0 Å². The summed E-state index contributed by atoms with van der Waals surface area (Å²) in [6.07, 6.45) is 2.28. The molecule has 0 aromatic heterocycles. The molecule has 0 rings (SSSR count). The molecule has 0 unspecified atom stereocenters. The van der Waals surface area contributed by atoms with Crippen LogP contribution in [-0.4, -0.2) is 0 Å². The first-order valence-corrected chi connectivity index (χ1v) is 1.71. The number of halogens is 1. The third-order valence-electron chi connectivity index (χ3n) is 0.354. The second kappa shape index (κ2) is 28.5. The summed E-state index contributed by atoms with van der Waals surface area (Å²) in [5.74, 6) is 0. The predicted octanol–water partition coefficient (Wildman–Crippen LogP) is 2.49. The fourth-order valence-corrected chi connectivity index (χ4v) is 0. The van der Waals surface area contributed by atoms with Gasteiger partial charge in [-0.2, -0.15) is 6.42 Å². The van der Waals surface area contributed by atoms with Crippen molar-refractivity contribution < 1.29 is 19.5 Å². The van der Waals surface area contributed by atoms with Crippen LogP contribution in [0.4, 0.5) is 0 Å². The molecule has 0 aliphatic heterocycles. The van der Waals surface area contributed by atoms with Crippen LogP contribution in [0.15, 0.2) is 0 Å². The van der Waals surface area contributed by atoms with Crippen molar-refractivity contribution in [3.05, 3.63) is 14.4 Å². The molecular weight excluding hydrogens is 161 g/mol. The summed E-state index contributed by atoms with van der Waals surface area (Å²) in [6, 6.07) is 0. The largest absolute Gasteiger partial charge is 2.00 e. The quantitative estimate of drug-likeness (QED) is 0.423. The summed E-state index contributed by atoms with van der Waals surface area (Å²) in [5, 5.41) is 0. The average molecular weight is 174 g/mol. The maximum Gasteiger partial charge on any atom is 2.00 e. The summed E-state index contributed by atoms with van der Waals surface area (Å²) in [5.41, 5.74) is 0. The van der Waals surface area contributed by atoms with Crippen molar-refractivity contribution in [2.45, 2.75) is 19.8 Å². The van der Waals surface area contributed by atoms with Crippen molar-refractivity contribution in [3.8, 4) is 0 Å². The van der Waals surface area contributed by atoms with Gasteiger partial charge in [-0.15, -0.1) is 12.4 Å². The molecule has 0 radical (unpaired) electrons. The van der Waals surface area contributed by atoms with Crippen LogP contribution in [0.5, 0.6) is 0 Å². The predicted molar refractivity (Wildman–Crippen MR) is 33.9 cm³/mol. The van der Waals surface area contributed by atoms with Crippen LogP contribution < -0.4 is 0 Å². The first kappa shape index (κ1) is 24.7. The number of unbranched alkanes of at least 4 members (excludes halogenated alkanes) is 1. The summed E-state index contributed by atoms with van der Waals surface area (Å²) in [4.78, 5) is 0. The van der Waals surface area contributed by atoms with Crippen LogP contribution in [0.25, 0.3) is 0 Å². The fourth-order valence-electron chi connectivity index (χ4n) is 0. The van der Waals surface area contributed by atoms with E-state index in [0.717, 1.165) is 6.42 Å². The average Bonchev–Trinajstić information content (AvgIpc) is 1.37. The van der Waals surface area contributed by atoms with Crippen LogP contribution in [0, 0.1) is 14.4 Å². The summed E-state index contributed by atoms with van der Waals surface area (Å²) in [6.45, 7) is 5.72. The Bertz CT molecular complexity index is 10.0. The van der Waals surface area contributed by atoms with Crippen molar-refractivity contribution in [3.63, 3.8) is 0 Å². The Kier molecular flexibility index (Phi) is 100. The molecule has 2 heteroatoms. The van der Waals surface area contributed by atoms with Crippen molar-refractivity contribution in [2.24, 2.45) is 0 Å². The van der Waals surface area contributed by atoms with Crippen molar-refractivity contribution >= 4 is 12.4 Å². The van der Waals surface area contributed by atoms with Crippen LogP contribution in [0.1, 0.15) is 19.8 Å². The molecule has 0 saturated heterocycles. The fraction of sp³-hybridized carbons (Fsp3) is 0.600. The molecular formula is C5H13ClZn. The van der Waals surface area contributed by atoms with Crippen LogP contribution >= 0.6 is 12.4 Å². The molecule has 0 aromatic carbocycles. The zero-order valence-electron chi connectivity index (χ0n) is 5.24. The monoisotopic (exact) mass is 172 g/mol. The maximum atomic E-state index is 3.60. The number of hydrogen-bond acceptors (Lipinski definition) is 0. The van der Waals surface area contributed by atoms with E-state index in [9.17, 15) is 0 Å². The zero-order valence-corrected chi connectivity index (χ0v) is 9.02. The smallest absolute Gasteiger partial charge is 0.358 e. The SMILES string of the molecule is Cl.[CH2-]CCC.[CH3-].[Zn+2]. The van der Waals surface area contributed by atoms with Gasteiger partial charge in [-0.3, -0.25) is 0 Å². The van der Waals surface area contributed by atoms with Gasteiger partial charge in [-0.05, 0) is 0 Å². The first-order chi connectivity index (χ1) is 1.91. The van der Waals surface area contributed by atoms with Crippen LogP contribution in [0.3, 0.4) is 0 Å². The Balaban J connectivity index is -0.0000000150. The van der Waals surface area contributed by atoms with Crippen molar-refractivity contribution in [1.82, 2.24) is 0 Å². The summed E-state index contributed by atoms with van der Waals surface area (Å²) in [7, 11) is 0. The molecule has 0 fully saturated rings. The van der Waals surface area contributed by atoms with Gasteiger partial charge in [0.05, 0.1) is 0 Å². The van der Waals surface area contributed by atoms with E-state index in [-0.39, 0.29) is 39.3 Å². The van der Waals surface area contributed by atoms with E-state index in [2.05, 4.69) is 13.8 Å². The van der Waals surface area contributed by atoms with E-state index in [1.54, 1.807) is 0 Å². The minimum atomic E-state index is 0. The van der Waals surface area contributed by atoms with Gasteiger partial charge in [0.15, 0.2) is 0 Å². The molecule has 0 nitrogen and oxygen atoms in total. The van der Waals surface area contributed by atoms with Gasteiger partial charge >= 0.3 is 19.5 Å². The van der Waals surface area contributed by atoms with Gasteiger partial charge in [-0.25, -0.2) is 0 Å². The Morgan fingerprint density at radius 1 is 1.43 bits per heavy atom. The molecule has 0 aromatic rings. The molecule has 0 atom stereocenters. The third kappa shape index (κ3) is 45.6. The molecule has 42 valence electrons. The Labute approximate surface area is 66.2 Å². The number of hydrogen-bond donors (Lipinski definition) is 0. The van der Waals surface area contributed by atoms with Crippen LogP contribution in [-0.2, 0) is 19.5 Å². The molecule has 0 N–H and O–H groups in total. The maximum absolute atomic E-state index is 3.60. The van der Waals surface area contributed by atoms with E-state index >= 15 is 0 Å². The van der Waals surface area contributed by atoms with E-state index < -0.39 is 0 Å². The minimum Gasteiger partial charge on any atom is -0.358 e. The first-order valence-electron chi connectivity index (χ1n) is 1.71. The summed E-state index contributed by atoms with van der Waals surface area (Å²) < 4.78 is 0. The second-order valence-corrected chi connectivity index (χ2v) is 0.854. The molecule has 0 heterocycles. The Morgan fingerprint density at radius 3 is 1.57 bits per heavy atom. The van der Waals surface area contributed by atoms with Gasteiger partial charge < -0.3 is 14.4 Å². The number of rotatable bonds is 1. The van der Waals surface area contributed by atoms with Gasteiger partial charge in [0.1, 0.15) is 0 Å². The molecule has 0 amide bonds. The Morgan fingerprint density at radius 2 is 1.57 bits per heavy atom. The molecule has 0 aliphatic carbocycles. The van der Waals surface area contributed by atoms with E-state index in [1.807, 2.05) is 0 Å². The normalized spacial score (nSPS) is 4.29. The molecule has 7 heavy (non-hydrogen) atoms. The van der Waals surface area contributed by atoms with Crippen molar-refractivity contribution in [2.75, 3.05) is 0 Å². The Hall–Kier alpha value is 0.913. The topological polar surface area (TPSA) is 0 Å². The zero-order chi connectivity index (χ0) is 3.41.